The summed E-state index contributed by atoms with van der Waals surface area (Å²) >= 11 is 0. The second-order valence-corrected chi connectivity index (χ2v) is 20.2. The smallest absolute Gasteiger partial charge is 0.333 e. The first kappa shape index (κ1) is 36.8. The van der Waals surface area contributed by atoms with Crippen LogP contribution >= 0.6 is 0 Å². The lowest BCUT2D eigenvalue weighted by atomic mass is 9.44. The van der Waals surface area contributed by atoms with Gasteiger partial charge in [0.2, 0.25) is 0 Å². The molecule has 0 atom stereocenters. The van der Waals surface area contributed by atoms with E-state index in [1.807, 2.05) is 0 Å². The van der Waals surface area contributed by atoms with Gasteiger partial charge in [0.25, 0.3) is 0 Å². The number of anilines is 3. The quantitative estimate of drug-likeness (QED) is 0.167. The van der Waals surface area contributed by atoms with Crippen molar-refractivity contribution in [3.63, 3.8) is 0 Å². The van der Waals surface area contributed by atoms with E-state index in [0.717, 1.165) is 27.5 Å². The number of rotatable bonds is 3. The number of hydrogen-bond acceptors (Lipinski definition) is 2. The summed E-state index contributed by atoms with van der Waals surface area (Å²) in [6.07, 6.45) is 0. The molecule has 0 saturated carbocycles. The summed E-state index contributed by atoms with van der Waals surface area (Å²) in [6.45, 7) is 20.9. The molecule has 0 unspecified atom stereocenters. The van der Waals surface area contributed by atoms with Gasteiger partial charge in [-0.15, -0.1) is 0 Å². The molecule has 2 aliphatic heterocycles. The fourth-order valence-corrected chi connectivity index (χ4v) is 10.1. The van der Waals surface area contributed by atoms with E-state index >= 15 is 0 Å². The lowest BCUT2D eigenvalue weighted by Gasteiger charge is -2.42. The Morgan fingerprint density at radius 2 is 1.12 bits per heavy atom. The monoisotopic (exact) mass is 778 g/mol. The lowest BCUT2D eigenvalue weighted by Crippen LogP contribution is -2.57. The molecule has 0 spiro atoms. The van der Waals surface area contributed by atoms with Gasteiger partial charge in [0.05, 0.1) is 0 Å². The van der Waals surface area contributed by atoms with E-state index in [2.05, 4.69) is 217 Å². The molecule has 3 nitrogen and oxygen atoms in total. The van der Waals surface area contributed by atoms with Crippen molar-refractivity contribution < 1.29 is 4.42 Å². The number of nitrogens with zero attached hydrogens (tertiary/aromatic N) is 2. The first-order valence-electron chi connectivity index (χ1n) is 21.6. The Morgan fingerprint density at radius 3 is 1.85 bits per heavy atom. The molecule has 0 saturated heterocycles. The summed E-state index contributed by atoms with van der Waals surface area (Å²) in [5.74, 6) is 0. The normalized spacial score (nSPS) is 13.7. The number of hydrogen-bond donors (Lipinski definition) is 0. The third-order valence-electron chi connectivity index (χ3n) is 13.2. The van der Waals surface area contributed by atoms with E-state index in [4.69, 9.17) is 4.42 Å². The van der Waals surface area contributed by atoms with E-state index in [-0.39, 0.29) is 23.1 Å². The maximum atomic E-state index is 6.90. The van der Waals surface area contributed by atoms with Crippen LogP contribution in [0, 0.1) is 0 Å². The number of benzene rings is 7. The van der Waals surface area contributed by atoms with E-state index in [0.29, 0.717) is 0 Å². The molecule has 60 heavy (non-hydrogen) atoms. The number of fused-ring (bicyclic) bond motifs is 7. The maximum Gasteiger partial charge on any atom is 0.333 e. The number of aromatic nitrogens is 1. The molecule has 0 amide bonds. The molecule has 11 rings (SSSR count). The van der Waals surface area contributed by atoms with Crippen molar-refractivity contribution in [1.82, 2.24) is 4.48 Å². The Hall–Kier alpha value is -6.26. The first-order chi connectivity index (χ1) is 28.7. The minimum atomic E-state index is -0.103. The highest BCUT2D eigenvalue weighted by atomic mass is 16.3. The summed E-state index contributed by atoms with van der Waals surface area (Å²) in [5.41, 5.74) is 20.6. The minimum absolute atomic E-state index is 0.0568. The van der Waals surface area contributed by atoms with Crippen molar-refractivity contribution >= 4 is 67.7 Å². The number of furan rings is 1. The van der Waals surface area contributed by atoms with Crippen molar-refractivity contribution in [2.75, 3.05) is 4.90 Å². The van der Waals surface area contributed by atoms with Gasteiger partial charge in [0.15, 0.2) is 0 Å². The fraction of sp³-hybridized carbons (Fsp3) is 0.214. The maximum absolute atomic E-state index is 6.90. The molecular formula is C56H51BN2O. The summed E-state index contributed by atoms with van der Waals surface area (Å²) in [7, 11) is 0. The Balaban J connectivity index is 1.33. The largest absolute Gasteiger partial charge is 0.455 e. The standard InChI is InChI=1S/C56H51BN2O/c1-54(2,3)35-26-28-38(29-27-35)58-46-24-15-14-23-45(46)57-50-42(30-37(33-47(50)58)56(7,8)9)43-31-36(55(4,5)6)32-44-49(51(59(57)52(43)44)34-18-11-10-12-19-34)41-22-17-21-40-39-20-13-16-25-48(39)60-53(40)41/h10-33H,1-9H3. The average molecular weight is 779 g/mol. The molecule has 0 N–H and O–H groups in total. The Bertz CT molecular complexity index is 3200. The average Bonchev–Trinajstić information content (AvgIpc) is 3.78. The molecule has 9 aromatic rings. The van der Waals surface area contributed by atoms with Crippen LogP contribution in [0.2, 0.25) is 0 Å². The summed E-state index contributed by atoms with van der Waals surface area (Å²) < 4.78 is 9.61. The van der Waals surface area contributed by atoms with E-state index < -0.39 is 0 Å². The fourth-order valence-electron chi connectivity index (χ4n) is 10.1. The molecule has 294 valence electrons. The molecule has 4 heteroatoms. The van der Waals surface area contributed by atoms with Crippen molar-refractivity contribution in [3.8, 4) is 33.5 Å². The van der Waals surface area contributed by atoms with Gasteiger partial charge in [-0.2, -0.15) is 0 Å². The van der Waals surface area contributed by atoms with Crippen molar-refractivity contribution in [2.24, 2.45) is 0 Å². The molecular weight excluding hydrogens is 727 g/mol. The highest BCUT2D eigenvalue weighted by Gasteiger charge is 2.45. The van der Waals surface area contributed by atoms with Crippen molar-refractivity contribution in [1.29, 1.82) is 0 Å². The molecule has 4 heterocycles. The van der Waals surface area contributed by atoms with Gasteiger partial charge in [0, 0.05) is 61.1 Å². The lowest BCUT2D eigenvalue weighted by molar-refractivity contribution is 0.589. The highest BCUT2D eigenvalue weighted by molar-refractivity contribution is 6.89. The molecule has 7 aromatic carbocycles. The van der Waals surface area contributed by atoms with Gasteiger partial charge in [-0.25, -0.2) is 0 Å². The van der Waals surface area contributed by atoms with Crippen LogP contribution in [0.25, 0.3) is 66.4 Å². The number of para-hydroxylation sites is 3. The Labute approximate surface area is 354 Å². The van der Waals surface area contributed by atoms with Crippen LogP contribution in [0.15, 0.2) is 150 Å². The third-order valence-corrected chi connectivity index (χ3v) is 13.2. The topological polar surface area (TPSA) is 21.3 Å². The second-order valence-electron chi connectivity index (χ2n) is 20.2. The van der Waals surface area contributed by atoms with Crippen LogP contribution in [0.4, 0.5) is 17.1 Å². The summed E-state index contributed by atoms with van der Waals surface area (Å²) in [5, 5.41) is 3.54. The molecule has 0 aliphatic carbocycles. The molecule has 0 fully saturated rings. The molecule has 2 aliphatic rings. The molecule has 2 aromatic heterocycles. The van der Waals surface area contributed by atoms with Crippen molar-refractivity contribution in [2.45, 2.75) is 78.6 Å². The first-order valence-corrected chi connectivity index (χ1v) is 21.6. The zero-order valence-corrected chi connectivity index (χ0v) is 36.2. The van der Waals surface area contributed by atoms with Gasteiger partial charge in [0.1, 0.15) is 11.2 Å². The minimum Gasteiger partial charge on any atom is -0.455 e. The second kappa shape index (κ2) is 12.6. The van der Waals surface area contributed by atoms with Crippen LogP contribution < -0.4 is 15.8 Å². The van der Waals surface area contributed by atoms with Gasteiger partial charge in [-0.05, 0) is 97.5 Å². The predicted molar refractivity (Wildman–Crippen MR) is 257 cm³/mol. The Kier molecular flexibility index (Phi) is 7.75. The van der Waals surface area contributed by atoms with Crippen LogP contribution in [0.1, 0.15) is 79.0 Å². The third kappa shape index (κ3) is 5.35. The summed E-state index contributed by atoms with van der Waals surface area (Å²) in [4.78, 5) is 2.55. The zero-order valence-electron chi connectivity index (χ0n) is 36.2. The van der Waals surface area contributed by atoms with Gasteiger partial charge < -0.3 is 13.8 Å². The van der Waals surface area contributed by atoms with E-state index in [9.17, 15) is 0 Å². The molecule has 0 radical (unpaired) electrons. The Morgan fingerprint density at radius 1 is 0.483 bits per heavy atom. The summed E-state index contributed by atoms with van der Waals surface area (Å²) in [6, 6.07) is 54.7. The zero-order chi connectivity index (χ0) is 41.5. The van der Waals surface area contributed by atoms with Crippen LogP contribution in [-0.2, 0) is 16.2 Å². The predicted octanol–water partition coefficient (Wildman–Crippen LogP) is 14.2. The van der Waals surface area contributed by atoms with Crippen LogP contribution in [0.5, 0.6) is 0 Å². The highest BCUT2D eigenvalue weighted by Crippen LogP contribution is 2.52. The van der Waals surface area contributed by atoms with Gasteiger partial charge in [-0.1, -0.05) is 165 Å². The van der Waals surface area contributed by atoms with Crippen LogP contribution in [0.3, 0.4) is 0 Å². The van der Waals surface area contributed by atoms with E-state index in [1.165, 1.54) is 83.5 Å². The van der Waals surface area contributed by atoms with E-state index in [1.54, 1.807) is 0 Å². The van der Waals surface area contributed by atoms with Gasteiger partial charge >= 0.3 is 6.85 Å². The van der Waals surface area contributed by atoms with Crippen LogP contribution in [-0.4, -0.2) is 11.3 Å². The SMILES string of the molecule is CC(C)(C)c1ccc(N2c3ccccc3B3c4c(cc(C(C)(C)C)cc42)-c2cc(C(C)(C)C)cc4c(-c5cccc6c5oc5ccccc56)c(-c5ccccc5)n3c24)cc1. The van der Waals surface area contributed by atoms with Crippen molar-refractivity contribution in [3.05, 3.63) is 162 Å². The van der Waals surface area contributed by atoms with Gasteiger partial charge in [-0.3, -0.25) is 0 Å². The molecule has 0 bridgehead atoms.